The first kappa shape index (κ1) is 8.31. The summed E-state index contributed by atoms with van der Waals surface area (Å²) in [6.45, 7) is 4.25. The van der Waals surface area contributed by atoms with Crippen LogP contribution in [0, 0.1) is 17.2 Å². The third-order valence-corrected chi connectivity index (χ3v) is 3.15. The van der Waals surface area contributed by atoms with Crippen molar-refractivity contribution in [2.45, 2.75) is 25.7 Å². The van der Waals surface area contributed by atoms with Crippen molar-refractivity contribution in [3.63, 3.8) is 0 Å². The molecular formula is C12H13N. The van der Waals surface area contributed by atoms with Gasteiger partial charge in [-0.25, -0.2) is 0 Å². The van der Waals surface area contributed by atoms with E-state index < -0.39 is 0 Å². The Morgan fingerprint density at radius 3 is 2.62 bits per heavy atom. The lowest BCUT2D eigenvalue weighted by atomic mass is 9.59. The van der Waals surface area contributed by atoms with Gasteiger partial charge >= 0.3 is 0 Å². The van der Waals surface area contributed by atoms with E-state index in [9.17, 15) is 5.26 Å². The molecule has 0 heterocycles. The molecule has 1 heteroatoms. The van der Waals surface area contributed by atoms with Gasteiger partial charge in [-0.05, 0) is 23.5 Å². The summed E-state index contributed by atoms with van der Waals surface area (Å²) >= 11 is 0. The number of rotatable bonds is 1. The van der Waals surface area contributed by atoms with E-state index in [1.54, 1.807) is 0 Å². The Hall–Kier alpha value is -1.29. The molecule has 0 aromatic heterocycles. The van der Waals surface area contributed by atoms with E-state index in [-0.39, 0.29) is 5.41 Å². The Labute approximate surface area is 79.0 Å². The molecule has 0 fully saturated rings. The highest BCUT2D eigenvalue weighted by atomic mass is 14.5. The third kappa shape index (κ3) is 0.920. The zero-order valence-corrected chi connectivity index (χ0v) is 8.04. The van der Waals surface area contributed by atoms with E-state index >= 15 is 0 Å². The average Bonchev–Trinajstić information content (AvgIpc) is 2.07. The highest BCUT2D eigenvalue weighted by molar-refractivity contribution is 5.50. The van der Waals surface area contributed by atoms with Gasteiger partial charge in [-0.2, -0.15) is 5.26 Å². The van der Waals surface area contributed by atoms with E-state index in [1.807, 2.05) is 12.1 Å². The maximum Gasteiger partial charge on any atom is 0.0888 e. The van der Waals surface area contributed by atoms with Crippen LogP contribution in [0.5, 0.6) is 0 Å². The predicted molar refractivity (Wildman–Crippen MR) is 52.3 cm³/mol. The summed E-state index contributed by atoms with van der Waals surface area (Å²) in [7, 11) is 0. The molecule has 1 aromatic rings. The fraction of sp³-hybridized carbons (Fsp3) is 0.417. The molecule has 1 nitrogen and oxygen atoms in total. The molecule has 0 bridgehead atoms. The smallest absolute Gasteiger partial charge is 0.0888 e. The minimum absolute atomic E-state index is 0.198. The molecule has 0 amide bonds. The van der Waals surface area contributed by atoms with Crippen LogP contribution in [0.2, 0.25) is 0 Å². The van der Waals surface area contributed by atoms with Gasteiger partial charge < -0.3 is 0 Å². The molecule has 0 N–H and O–H groups in total. The number of hydrogen-bond acceptors (Lipinski definition) is 1. The lowest BCUT2D eigenvalue weighted by Crippen LogP contribution is -2.42. The topological polar surface area (TPSA) is 23.8 Å². The molecule has 1 aliphatic carbocycles. The molecule has 1 unspecified atom stereocenters. The molecule has 0 saturated carbocycles. The predicted octanol–water partition coefficient (Wildman–Crippen LogP) is 2.66. The van der Waals surface area contributed by atoms with Gasteiger partial charge in [-0.1, -0.05) is 38.1 Å². The summed E-state index contributed by atoms with van der Waals surface area (Å²) in [6.07, 6.45) is 0.928. The molecular weight excluding hydrogens is 158 g/mol. The normalized spacial score (nSPS) is 24.8. The quantitative estimate of drug-likeness (QED) is 0.637. The van der Waals surface area contributed by atoms with Crippen LogP contribution >= 0.6 is 0 Å². The van der Waals surface area contributed by atoms with Crippen molar-refractivity contribution in [2.75, 3.05) is 0 Å². The van der Waals surface area contributed by atoms with Crippen molar-refractivity contribution < 1.29 is 0 Å². The zero-order chi connectivity index (χ0) is 9.47. The van der Waals surface area contributed by atoms with Crippen LogP contribution in [0.3, 0.4) is 0 Å². The second-order valence-electron chi connectivity index (χ2n) is 4.07. The highest BCUT2D eigenvalue weighted by Gasteiger charge is 2.45. The fourth-order valence-electron chi connectivity index (χ4n) is 2.14. The molecule has 66 valence electrons. The number of fused-ring (bicyclic) bond motifs is 1. The zero-order valence-electron chi connectivity index (χ0n) is 8.04. The van der Waals surface area contributed by atoms with E-state index in [0.29, 0.717) is 5.92 Å². The van der Waals surface area contributed by atoms with Crippen LogP contribution in [0.1, 0.15) is 25.0 Å². The molecule has 1 atom stereocenters. The molecule has 0 radical (unpaired) electrons. The van der Waals surface area contributed by atoms with Crippen molar-refractivity contribution in [2.24, 2.45) is 5.92 Å². The van der Waals surface area contributed by atoms with Crippen LogP contribution in [-0.4, -0.2) is 0 Å². The van der Waals surface area contributed by atoms with Crippen molar-refractivity contribution in [1.29, 1.82) is 5.26 Å². The van der Waals surface area contributed by atoms with E-state index in [2.05, 4.69) is 32.0 Å². The number of benzene rings is 1. The number of nitrogens with zero attached hydrogens (tertiary/aromatic N) is 1. The summed E-state index contributed by atoms with van der Waals surface area (Å²) in [5, 5.41) is 9.20. The minimum atomic E-state index is -0.198. The van der Waals surface area contributed by atoms with Gasteiger partial charge in [0.05, 0.1) is 11.5 Å². The SMILES string of the molecule is CC(C)C1(C#N)Cc2ccccc21. The summed E-state index contributed by atoms with van der Waals surface area (Å²) in [4.78, 5) is 0. The third-order valence-electron chi connectivity index (χ3n) is 3.15. The maximum atomic E-state index is 9.20. The van der Waals surface area contributed by atoms with Gasteiger partial charge in [0.15, 0.2) is 0 Å². The first-order valence-corrected chi connectivity index (χ1v) is 4.70. The second-order valence-corrected chi connectivity index (χ2v) is 4.07. The summed E-state index contributed by atoms with van der Waals surface area (Å²) in [5.41, 5.74) is 2.39. The maximum absolute atomic E-state index is 9.20. The van der Waals surface area contributed by atoms with E-state index in [4.69, 9.17) is 0 Å². The van der Waals surface area contributed by atoms with E-state index in [1.165, 1.54) is 11.1 Å². The molecule has 13 heavy (non-hydrogen) atoms. The van der Waals surface area contributed by atoms with Gasteiger partial charge in [0.1, 0.15) is 0 Å². The van der Waals surface area contributed by atoms with Crippen molar-refractivity contribution >= 4 is 0 Å². The van der Waals surface area contributed by atoms with Crippen molar-refractivity contribution in [1.82, 2.24) is 0 Å². The first-order valence-electron chi connectivity index (χ1n) is 4.70. The highest BCUT2D eigenvalue weighted by Crippen LogP contribution is 2.45. The molecule has 1 aliphatic rings. The molecule has 0 aliphatic heterocycles. The lowest BCUT2D eigenvalue weighted by Gasteiger charge is -2.41. The fourth-order valence-corrected chi connectivity index (χ4v) is 2.14. The number of nitriles is 1. The Morgan fingerprint density at radius 1 is 1.38 bits per heavy atom. The minimum Gasteiger partial charge on any atom is -0.197 e. The lowest BCUT2D eigenvalue weighted by molar-refractivity contribution is 0.349. The molecule has 2 rings (SSSR count). The van der Waals surface area contributed by atoms with Gasteiger partial charge in [-0.15, -0.1) is 0 Å². The van der Waals surface area contributed by atoms with Crippen LogP contribution < -0.4 is 0 Å². The Balaban J connectivity index is 2.49. The Kier molecular flexibility index (Phi) is 1.66. The summed E-state index contributed by atoms with van der Waals surface area (Å²) < 4.78 is 0. The largest absolute Gasteiger partial charge is 0.197 e. The summed E-state index contributed by atoms with van der Waals surface area (Å²) in [6, 6.07) is 10.7. The van der Waals surface area contributed by atoms with Crippen LogP contribution in [0.15, 0.2) is 24.3 Å². The van der Waals surface area contributed by atoms with E-state index in [0.717, 1.165) is 6.42 Å². The Bertz CT molecular complexity index is 373. The standard InChI is InChI=1S/C12H13N/c1-9(2)12(8-13)7-10-5-3-4-6-11(10)12/h3-6,9H,7H2,1-2H3. The monoisotopic (exact) mass is 171 g/mol. The van der Waals surface area contributed by atoms with Crippen LogP contribution in [0.25, 0.3) is 0 Å². The van der Waals surface area contributed by atoms with Crippen LogP contribution in [-0.2, 0) is 11.8 Å². The van der Waals surface area contributed by atoms with Gasteiger partial charge in [-0.3, -0.25) is 0 Å². The molecule has 0 spiro atoms. The Morgan fingerprint density at radius 2 is 2.08 bits per heavy atom. The van der Waals surface area contributed by atoms with Gasteiger partial charge in [0, 0.05) is 0 Å². The summed E-state index contributed by atoms with van der Waals surface area (Å²) in [5.74, 6) is 0.410. The molecule has 0 saturated heterocycles. The first-order chi connectivity index (χ1) is 6.20. The van der Waals surface area contributed by atoms with Crippen LogP contribution in [0.4, 0.5) is 0 Å². The molecule has 1 aromatic carbocycles. The van der Waals surface area contributed by atoms with Crippen molar-refractivity contribution in [3.8, 4) is 6.07 Å². The second kappa shape index (κ2) is 2.60. The average molecular weight is 171 g/mol. The van der Waals surface area contributed by atoms with Gasteiger partial charge in [0.25, 0.3) is 0 Å². The van der Waals surface area contributed by atoms with Gasteiger partial charge in [0.2, 0.25) is 0 Å². The number of hydrogen-bond donors (Lipinski definition) is 0. The van der Waals surface area contributed by atoms with Crippen molar-refractivity contribution in [3.05, 3.63) is 35.4 Å².